The van der Waals surface area contributed by atoms with E-state index in [9.17, 15) is 34.8 Å². The van der Waals surface area contributed by atoms with Gasteiger partial charge in [0, 0.05) is 64.7 Å². The van der Waals surface area contributed by atoms with E-state index in [0.29, 0.717) is 48.6 Å². The molecular weight excluding hydrogens is 867 g/mol. The SMILES string of the molecule is CC(C)N(C)CC[C@H](CSc1ccccc1)Nc1ccc(S(=O)(=O)NC(=O)c2ccc(NC[C@H](C)NCc3ccccc3-c3ccc(Cl)cc3)cc2)cc1S(=O)(=O)C(F)(F)F. The van der Waals surface area contributed by atoms with Gasteiger partial charge in [0.1, 0.15) is 4.90 Å². The first-order valence-electron chi connectivity index (χ1n) is 19.4. The van der Waals surface area contributed by atoms with Gasteiger partial charge in [-0.3, -0.25) is 4.79 Å². The van der Waals surface area contributed by atoms with E-state index in [2.05, 4.69) is 22.0 Å². The first kappa shape index (κ1) is 47.5. The maximum atomic E-state index is 14.1. The predicted molar refractivity (Wildman–Crippen MR) is 239 cm³/mol. The van der Waals surface area contributed by atoms with Crippen molar-refractivity contribution >= 4 is 60.5 Å². The molecule has 0 unspecified atom stereocenters. The van der Waals surface area contributed by atoms with Crippen LogP contribution in [0.15, 0.2) is 136 Å². The van der Waals surface area contributed by atoms with Crippen LogP contribution >= 0.6 is 23.4 Å². The monoisotopic (exact) mass is 915 g/mol. The lowest BCUT2D eigenvalue weighted by Crippen LogP contribution is -2.34. The quantitative estimate of drug-likeness (QED) is 0.0560. The highest BCUT2D eigenvalue weighted by atomic mass is 35.5. The summed E-state index contributed by atoms with van der Waals surface area (Å²) in [6, 6.07) is 33.0. The molecule has 0 heterocycles. The van der Waals surface area contributed by atoms with Crippen molar-refractivity contribution in [3.05, 3.63) is 137 Å². The summed E-state index contributed by atoms with van der Waals surface area (Å²) >= 11 is 7.51. The number of carbonyl (C=O) groups is 1. The van der Waals surface area contributed by atoms with Crippen molar-refractivity contribution in [1.82, 2.24) is 14.9 Å². The van der Waals surface area contributed by atoms with E-state index in [1.807, 2.05) is 110 Å². The molecule has 0 radical (unpaired) electrons. The molecule has 1 amide bonds. The first-order chi connectivity index (χ1) is 28.8. The van der Waals surface area contributed by atoms with E-state index < -0.39 is 52.8 Å². The number of nitrogens with one attached hydrogen (secondary N) is 4. The zero-order chi connectivity index (χ0) is 44.4. The normalized spacial score (nSPS) is 13.2. The second-order valence-corrected chi connectivity index (χ2v) is 19.9. The van der Waals surface area contributed by atoms with Crippen molar-refractivity contribution in [2.24, 2.45) is 0 Å². The number of hydrogen-bond donors (Lipinski definition) is 4. The van der Waals surface area contributed by atoms with Gasteiger partial charge in [-0.25, -0.2) is 21.6 Å². The number of thioether (sulfide) groups is 1. The number of carbonyl (C=O) groups excluding carboxylic acids is 1. The minimum Gasteiger partial charge on any atom is -0.383 e. The van der Waals surface area contributed by atoms with Crippen LogP contribution in [0, 0.1) is 0 Å². The Morgan fingerprint density at radius 2 is 1.49 bits per heavy atom. The third kappa shape index (κ3) is 13.2. The molecule has 0 aliphatic rings. The molecule has 5 rings (SSSR count). The number of nitrogens with zero attached hydrogens (tertiary/aromatic N) is 1. The molecule has 0 fully saturated rings. The highest BCUT2D eigenvalue weighted by molar-refractivity contribution is 7.99. The zero-order valence-corrected chi connectivity index (χ0v) is 37.2. The van der Waals surface area contributed by atoms with Crippen LogP contribution in [0.25, 0.3) is 11.1 Å². The number of anilines is 2. The van der Waals surface area contributed by atoms with E-state index in [1.165, 1.54) is 23.9 Å². The van der Waals surface area contributed by atoms with Gasteiger partial charge >= 0.3 is 5.51 Å². The summed E-state index contributed by atoms with van der Waals surface area (Å²) in [4.78, 5) is 14.0. The van der Waals surface area contributed by atoms with Gasteiger partial charge in [-0.05, 0) is 118 Å². The summed E-state index contributed by atoms with van der Waals surface area (Å²) in [5.74, 6) is -0.696. The summed E-state index contributed by atoms with van der Waals surface area (Å²) in [7, 11) is -8.99. The maximum absolute atomic E-state index is 14.1. The highest BCUT2D eigenvalue weighted by Gasteiger charge is 2.48. The predicted octanol–water partition coefficient (Wildman–Crippen LogP) is 9.31. The summed E-state index contributed by atoms with van der Waals surface area (Å²) < 4.78 is 96.9. The number of sulfonamides is 1. The smallest absolute Gasteiger partial charge is 0.383 e. The van der Waals surface area contributed by atoms with Gasteiger partial charge < -0.3 is 20.9 Å². The molecule has 326 valence electrons. The lowest BCUT2D eigenvalue weighted by molar-refractivity contribution is -0.0435. The van der Waals surface area contributed by atoms with E-state index in [-0.39, 0.29) is 17.6 Å². The van der Waals surface area contributed by atoms with Crippen LogP contribution in [0.5, 0.6) is 0 Å². The lowest BCUT2D eigenvalue weighted by Gasteiger charge is -2.26. The molecule has 17 heteroatoms. The Labute approximate surface area is 365 Å². The molecule has 5 aromatic rings. The molecule has 0 saturated heterocycles. The Morgan fingerprint density at radius 3 is 2.15 bits per heavy atom. The summed E-state index contributed by atoms with van der Waals surface area (Å²) in [5, 5.41) is 10.4. The molecule has 2 atom stereocenters. The van der Waals surface area contributed by atoms with Crippen molar-refractivity contribution in [1.29, 1.82) is 0 Å². The molecule has 10 nitrogen and oxygen atoms in total. The van der Waals surface area contributed by atoms with Crippen LogP contribution in [-0.2, 0) is 26.4 Å². The van der Waals surface area contributed by atoms with Gasteiger partial charge in [-0.15, -0.1) is 11.8 Å². The maximum Gasteiger partial charge on any atom is 0.501 e. The molecule has 0 saturated carbocycles. The van der Waals surface area contributed by atoms with Crippen molar-refractivity contribution in [2.75, 3.05) is 36.5 Å². The standard InChI is InChI=1S/C44H49ClF3N5O5S3/c1-30(2)53(4)25-24-37(29-59-38-11-6-5-7-12-38)51-41-23-22-39(26-42(41)60(55,56)44(46,47)48)61(57,58)52-43(54)33-16-20-36(21-17-33)50-27-31(3)49-28-34-10-8-9-13-40(34)32-14-18-35(45)19-15-32/h5-23,26,30-31,37,49-51H,24-25,27-29H2,1-4H3,(H,52,54)/t31-,37+/m0/s1. The first-order valence-corrected chi connectivity index (χ1v) is 23.8. The van der Waals surface area contributed by atoms with Crippen molar-refractivity contribution in [2.45, 2.75) is 72.1 Å². The van der Waals surface area contributed by atoms with Crippen molar-refractivity contribution in [3.8, 4) is 11.1 Å². The van der Waals surface area contributed by atoms with E-state index in [1.54, 1.807) is 12.1 Å². The van der Waals surface area contributed by atoms with E-state index in [4.69, 9.17) is 11.6 Å². The van der Waals surface area contributed by atoms with Gasteiger partial charge in [0.25, 0.3) is 25.8 Å². The average molecular weight is 917 g/mol. The fourth-order valence-corrected chi connectivity index (χ4v) is 9.22. The fourth-order valence-electron chi connectivity index (χ4n) is 6.08. The number of halogens is 4. The zero-order valence-electron chi connectivity index (χ0n) is 34.0. The molecular formula is C44H49ClF3N5O5S3. The second-order valence-electron chi connectivity index (χ2n) is 14.8. The Balaban J connectivity index is 1.25. The third-order valence-corrected chi connectivity index (χ3v) is 14.2. The topological polar surface area (TPSA) is 137 Å². The third-order valence-electron chi connectivity index (χ3n) is 9.92. The van der Waals surface area contributed by atoms with Crippen LogP contribution in [0.2, 0.25) is 5.02 Å². The fraction of sp³-hybridized carbons (Fsp3) is 0.295. The Morgan fingerprint density at radius 1 is 0.836 bits per heavy atom. The number of hydrogen-bond acceptors (Lipinski definition) is 10. The van der Waals surface area contributed by atoms with Crippen LogP contribution in [0.4, 0.5) is 24.5 Å². The molecule has 0 aliphatic heterocycles. The number of benzene rings is 5. The lowest BCUT2D eigenvalue weighted by atomic mass is 9.99. The van der Waals surface area contributed by atoms with Crippen LogP contribution < -0.4 is 20.7 Å². The van der Waals surface area contributed by atoms with Gasteiger partial charge in [0.05, 0.1) is 10.6 Å². The number of alkyl halides is 3. The summed E-state index contributed by atoms with van der Waals surface area (Å²) in [5.41, 5.74) is -2.31. The molecule has 0 spiro atoms. The van der Waals surface area contributed by atoms with Gasteiger partial charge in [0.15, 0.2) is 0 Å². The van der Waals surface area contributed by atoms with Gasteiger partial charge in [0.2, 0.25) is 0 Å². The van der Waals surface area contributed by atoms with Crippen LogP contribution in [0.3, 0.4) is 0 Å². The van der Waals surface area contributed by atoms with Gasteiger partial charge in [-0.2, -0.15) is 13.2 Å². The highest BCUT2D eigenvalue weighted by Crippen LogP contribution is 2.37. The van der Waals surface area contributed by atoms with Crippen LogP contribution in [-0.4, -0.2) is 77.2 Å². The largest absolute Gasteiger partial charge is 0.501 e. The molecule has 0 bridgehead atoms. The van der Waals surface area contributed by atoms with E-state index in [0.717, 1.165) is 33.7 Å². The molecule has 0 aliphatic carbocycles. The molecule has 5 aromatic carbocycles. The van der Waals surface area contributed by atoms with Gasteiger partial charge in [-0.1, -0.05) is 66.2 Å². The molecule has 4 N–H and O–H groups in total. The average Bonchev–Trinajstić information content (AvgIpc) is 3.23. The minimum atomic E-state index is -6.05. The minimum absolute atomic E-state index is 0.0182. The Bertz CT molecular complexity index is 2460. The molecule has 0 aromatic heterocycles. The summed E-state index contributed by atoms with van der Waals surface area (Å²) in [6.07, 6.45) is 0.432. The van der Waals surface area contributed by atoms with Crippen molar-refractivity contribution < 1.29 is 34.8 Å². The Kier molecular flexibility index (Phi) is 16.3. The molecule has 61 heavy (non-hydrogen) atoms. The van der Waals surface area contributed by atoms with Crippen LogP contribution in [0.1, 0.15) is 43.1 Å². The Hall–Kier alpha value is -4.58. The summed E-state index contributed by atoms with van der Waals surface area (Å²) in [6.45, 7) is 7.65. The second kappa shape index (κ2) is 21.0. The number of sulfone groups is 1. The van der Waals surface area contributed by atoms with E-state index >= 15 is 0 Å². The number of rotatable bonds is 20. The number of amides is 1. The van der Waals surface area contributed by atoms with Crippen molar-refractivity contribution in [3.63, 3.8) is 0 Å².